The fraction of sp³-hybridized carbons (Fsp3) is 0.625. The third-order valence-corrected chi connectivity index (χ3v) is 1.24. The van der Waals surface area contributed by atoms with Crippen molar-refractivity contribution in [2.24, 2.45) is 0 Å². The van der Waals surface area contributed by atoms with Gasteiger partial charge in [-0.25, -0.2) is 4.79 Å². The third-order valence-electron chi connectivity index (χ3n) is 1.24. The maximum atomic E-state index is 10.9. The normalized spacial score (nSPS) is 9.27. The van der Waals surface area contributed by atoms with Gasteiger partial charge in [-0.2, -0.15) is 0 Å². The van der Waals surface area contributed by atoms with E-state index in [2.05, 4.69) is 6.58 Å². The Morgan fingerprint density at radius 2 is 2.09 bits per heavy atom. The molecule has 0 aromatic heterocycles. The number of carbonyl (C=O) groups excluding carboxylic acids is 1. The monoisotopic (exact) mass is 158 g/mol. The van der Waals surface area contributed by atoms with E-state index in [1.54, 1.807) is 7.11 Å². The topological polar surface area (TPSA) is 35.5 Å². The van der Waals surface area contributed by atoms with Crippen molar-refractivity contribution in [3.05, 3.63) is 12.2 Å². The van der Waals surface area contributed by atoms with Gasteiger partial charge < -0.3 is 9.47 Å². The van der Waals surface area contributed by atoms with Gasteiger partial charge in [0.15, 0.2) is 0 Å². The van der Waals surface area contributed by atoms with E-state index in [0.717, 1.165) is 0 Å². The van der Waals surface area contributed by atoms with Crippen LogP contribution >= 0.6 is 0 Å². The molecule has 0 aliphatic carbocycles. The van der Waals surface area contributed by atoms with Gasteiger partial charge in [-0.3, -0.25) is 0 Å². The van der Waals surface area contributed by atoms with E-state index >= 15 is 0 Å². The molecule has 0 amide bonds. The van der Waals surface area contributed by atoms with Gasteiger partial charge in [-0.15, -0.1) is 0 Å². The van der Waals surface area contributed by atoms with Crippen LogP contribution in [0.4, 0.5) is 0 Å². The van der Waals surface area contributed by atoms with Gasteiger partial charge in [-0.1, -0.05) is 13.5 Å². The SMILES string of the molecule is C=C(CC)C(=O)OCCOC. The minimum atomic E-state index is -0.329. The summed E-state index contributed by atoms with van der Waals surface area (Å²) in [5.41, 5.74) is 0.501. The first-order valence-corrected chi connectivity index (χ1v) is 3.56. The Balaban J connectivity index is 3.44. The second-order valence-corrected chi connectivity index (χ2v) is 2.09. The van der Waals surface area contributed by atoms with Crippen LogP contribution in [0.15, 0.2) is 12.2 Å². The highest BCUT2D eigenvalue weighted by Gasteiger charge is 2.04. The van der Waals surface area contributed by atoms with Gasteiger partial charge in [-0.05, 0) is 6.42 Å². The highest BCUT2D eigenvalue weighted by atomic mass is 16.6. The lowest BCUT2D eigenvalue weighted by Gasteiger charge is -2.03. The molecule has 0 unspecified atom stereocenters. The zero-order valence-corrected chi connectivity index (χ0v) is 7.05. The van der Waals surface area contributed by atoms with E-state index in [4.69, 9.17) is 9.47 Å². The lowest BCUT2D eigenvalue weighted by molar-refractivity contribution is -0.140. The number of methoxy groups -OCH3 is 1. The first-order chi connectivity index (χ1) is 5.22. The molecule has 0 aromatic rings. The average molecular weight is 158 g/mol. The fourth-order valence-corrected chi connectivity index (χ4v) is 0.464. The molecule has 0 aliphatic heterocycles. The third kappa shape index (κ3) is 4.56. The molecular formula is C8H14O3. The predicted octanol–water partition coefficient (Wildman–Crippen LogP) is 1.14. The van der Waals surface area contributed by atoms with Crippen LogP contribution in [-0.4, -0.2) is 26.3 Å². The van der Waals surface area contributed by atoms with Crippen LogP contribution in [0.5, 0.6) is 0 Å². The Hall–Kier alpha value is -0.830. The van der Waals surface area contributed by atoms with Gasteiger partial charge in [0, 0.05) is 12.7 Å². The molecule has 0 atom stereocenters. The molecule has 0 fully saturated rings. The van der Waals surface area contributed by atoms with E-state index in [1.165, 1.54) is 0 Å². The highest BCUT2D eigenvalue weighted by Crippen LogP contribution is 1.98. The highest BCUT2D eigenvalue weighted by molar-refractivity contribution is 5.87. The van der Waals surface area contributed by atoms with Crippen molar-refractivity contribution in [2.45, 2.75) is 13.3 Å². The lowest BCUT2D eigenvalue weighted by Crippen LogP contribution is -2.10. The van der Waals surface area contributed by atoms with Gasteiger partial charge in [0.05, 0.1) is 6.61 Å². The van der Waals surface area contributed by atoms with Crippen LogP contribution in [0.3, 0.4) is 0 Å². The van der Waals surface area contributed by atoms with Crippen molar-refractivity contribution in [3.63, 3.8) is 0 Å². The lowest BCUT2D eigenvalue weighted by atomic mass is 10.2. The number of hydrogen-bond donors (Lipinski definition) is 0. The minimum absolute atomic E-state index is 0.300. The second kappa shape index (κ2) is 5.92. The second-order valence-electron chi connectivity index (χ2n) is 2.09. The predicted molar refractivity (Wildman–Crippen MR) is 42.3 cm³/mol. The van der Waals surface area contributed by atoms with Crippen molar-refractivity contribution in [3.8, 4) is 0 Å². The number of esters is 1. The summed E-state index contributed by atoms with van der Waals surface area (Å²) in [5.74, 6) is -0.329. The summed E-state index contributed by atoms with van der Waals surface area (Å²) in [6, 6.07) is 0. The van der Waals surface area contributed by atoms with Crippen molar-refractivity contribution in [1.29, 1.82) is 0 Å². The van der Waals surface area contributed by atoms with E-state index < -0.39 is 0 Å². The molecule has 0 spiro atoms. The number of rotatable bonds is 5. The first-order valence-electron chi connectivity index (χ1n) is 3.56. The fourth-order valence-electron chi connectivity index (χ4n) is 0.464. The van der Waals surface area contributed by atoms with Crippen LogP contribution in [0.25, 0.3) is 0 Å². The maximum absolute atomic E-state index is 10.9. The van der Waals surface area contributed by atoms with E-state index in [0.29, 0.717) is 25.2 Å². The summed E-state index contributed by atoms with van der Waals surface area (Å²) in [6.45, 7) is 6.13. The zero-order valence-electron chi connectivity index (χ0n) is 7.05. The van der Waals surface area contributed by atoms with E-state index in [-0.39, 0.29) is 5.97 Å². The van der Waals surface area contributed by atoms with Crippen LogP contribution in [-0.2, 0) is 14.3 Å². The van der Waals surface area contributed by atoms with Crippen LogP contribution in [0.1, 0.15) is 13.3 Å². The molecule has 0 saturated carbocycles. The molecule has 0 radical (unpaired) electrons. The Labute approximate surface area is 67.0 Å². The summed E-state index contributed by atoms with van der Waals surface area (Å²) in [5, 5.41) is 0. The van der Waals surface area contributed by atoms with Crippen molar-refractivity contribution in [1.82, 2.24) is 0 Å². The largest absolute Gasteiger partial charge is 0.460 e. The summed E-state index contributed by atoms with van der Waals surface area (Å²) in [6.07, 6.45) is 0.631. The molecule has 0 rings (SSSR count). The molecule has 64 valence electrons. The van der Waals surface area contributed by atoms with E-state index in [1.807, 2.05) is 6.92 Å². The molecular weight excluding hydrogens is 144 g/mol. The molecule has 0 bridgehead atoms. The molecule has 3 nitrogen and oxygen atoms in total. The maximum Gasteiger partial charge on any atom is 0.333 e. The van der Waals surface area contributed by atoms with Crippen molar-refractivity contribution >= 4 is 5.97 Å². The van der Waals surface area contributed by atoms with Gasteiger partial charge in [0.2, 0.25) is 0 Å². The van der Waals surface area contributed by atoms with Crippen molar-refractivity contribution < 1.29 is 14.3 Å². The summed E-state index contributed by atoms with van der Waals surface area (Å²) in [7, 11) is 1.56. The van der Waals surface area contributed by atoms with Crippen molar-refractivity contribution in [2.75, 3.05) is 20.3 Å². The molecule has 0 N–H and O–H groups in total. The summed E-state index contributed by atoms with van der Waals surface area (Å²) >= 11 is 0. The van der Waals surface area contributed by atoms with Crippen LogP contribution < -0.4 is 0 Å². The van der Waals surface area contributed by atoms with Gasteiger partial charge in [0.1, 0.15) is 6.61 Å². The number of hydrogen-bond acceptors (Lipinski definition) is 3. The zero-order chi connectivity index (χ0) is 8.69. The Morgan fingerprint density at radius 3 is 2.55 bits per heavy atom. The molecule has 11 heavy (non-hydrogen) atoms. The van der Waals surface area contributed by atoms with Crippen LogP contribution in [0, 0.1) is 0 Å². The number of carbonyl (C=O) groups is 1. The molecule has 0 heterocycles. The first kappa shape index (κ1) is 10.2. The standard InChI is InChI=1S/C8H14O3/c1-4-7(2)8(9)11-6-5-10-3/h2,4-6H2,1,3H3. The average Bonchev–Trinajstić information content (AvgIpc) is 2.03. The summed E-state index contributed by atoms with van der Waals surface area (Å²) < 4.78 is 9.47. The quantitative estimate of drug-likeness (QED) is 0.342. The summed E-state index contributed by atoms with van der Waals surface area (Å²) in [4.78, 5) is 10.9. The minimum Gasteiger partial charge on any atom is -0.460 e. The van der Waals surface area contributed by atoms with Gasteiger partial charge >= 0.3 is 5.97 Å². The Morgan fingerprint density at radius 1 is 1.45 bits per heavy atom. The van der Waals surface area contributed by atoms with Gasteiger partial charge in [0.25, 0.3) is 0 Å². The molecule has 0 saturated heterocycles. The molecule has 3 heteroatoms. The Kier molecular flexibility index (Phi) is 5.47. The Bertz CT molecular complexity index is 140. The van der Waals surface area contributed by atoms with E-state index in [9.17, 15) is 4.79 Å². The smallest absolute Gasteiger partial charge is 0.333 e. The molecule has 0 aromatic carbocycles. The number of ether oxygens (including phenoxy) is 2. The molecule has 0 aliphatic rings. The van der Waals surface area contributed by atoms with Crippen LogP contribution in [0.2, 0.25) is 0 Å².